The molecule has 1 aromatic carbocycles. The Kier molecular flexibility index (Phi) is 4.61. The predicted molar refractivity (Wildman–Crippen MR) is 114 cm³/mol. The Balaban J connectivity index is 1.27. The lowest BCUT2D eigenvalue weighted by Gasteiger charge is -2.56. The highest BCUT2D eigenvalue weighted by Crippen LogP contribution is 2.50. The van der Waals surface area contributed by atoms with E-state index in [2.05, 4.69) is 33.7 Å². The Morgan fingerprint density at radius 3 is 2.57 bits per heavy atom. The van der Waals surface area contributed by atoms with E-state index in [0.717, 1.165) is 44.6 Å². The first-order valence-corrected chi connectivity index (χ1v) is 11.1. The highest BCUT2D eigenvalue weighted by molar-refractivity contribution is 5.68. The normalized spacial score (nSPS) is 25.1. The monoisotopic (exact) mass is 409 g/mol. The fraction of sp³-hybridized carbons (Fsp3) is 0.609. The summed E-state index contributed by atoms with van der Waals surface area (Å²) in [6.45, 7) is 8.41. The van der Waals surface area contributed by atoms with Crippen LogP contribution in [-0.4, -0.2) is 57.3 Å². The number of aryl methyl sites for hydroxylation is 1. The van der Waals surface area contributed by atoms with E-state index in [0.29, 0.717) is 17.4 Å². The van der Waals surface area contributed by atoms with Gasteiger partial charge in [0.1, 0.15) is 5.60 Å². The van der Waals surface area contributed by atoms with Gasteiger partial charge < -0.3 is 15.0 Å². The SMILES string of the molecule is CC(C)(C)OC(=O)N1CCC2(CC1)CN[C@@H]2C1CCc2cc(-n3nccn3)ccc21. The number of carbonyl (C=O) groups is 1. The molecular weight excluding hydrogens is 378 g/mol. The maximum absolute atomic E-state index is 12.4. The van der Waals surface area contributed by atoms with Gasteiger partial charge in [0, 0.05) is 37.0 Å². The van der Waals surface area contributed by atoms with Crippen molar-refractivity contribution in [1.29, 1.82) is 0 Å². The van der Waals surface area contributed by atoms with Crippen LogP contribution in [0.5, 0.6) is 0 Å². The van der Waals surface area contributed by atoms with Crippen LogP contribution in [0.1, 0.15) is 57.1 Å². The smallest absolute Gasteiger partial charge is 0.410 e. The minimum atomic E-state index is -0.440. The number of rotatable bonds is 2. The molecule has 2 aliphatic heterocycles. The standard InChI is InChI=1S/C23H31N5O2/c1-22(2,3)30-21(29)27-12-8-23(9-13-27)15-24-20(23)19-6-4-16-14-17(5-7-18(16)19)28-25-10-11-26-28/h5,7,10-11,14,19-20,24H,4,6,8-9,12-13,15H2,1-3H3/t19?,20-/m1/s1. The molecule has 3 heterocycles. The van der Waals surface area contributed by atoms with Gasteiger partial charge in [0.25, 0.3) is 0 Å². The number of amides is 1. The molecule has 2 fully saturated rings. The van der Waals surface area contributed by atoms with Crippen LogP contribution in [0.3, 0.4) is 0 Å². The first-order chi connectivity index (χ1) is 14.3. The van der Waals surface area contributed by atoms with E-state index >= 15 is 0 Å². The minimum absolute atomic E-state index is 0.174. The van der Waals surface area contributed by atoms with Crippen molar-refractivity contribution in [2.45, 2.75) is 64.0 Å². The molecule has 1 unspecified atom stereocenters. The van der Waals surface area contributed by atoms with Gasteiger partial charge in [-0.15, -0.1) is 0 Å². The van der Waals surface area contributed by atoms with Gasteiger partial charge in [-0.3, -0.25) is 0 Å². The quantitative estimate of drug-likeness (QED) is 0.824. The molecule has 7 nitrogen and oxygen atoms in total. The van der Waals surface area contributed by atoms with Gasteiger partial charge >= 0.3 is 6.09 Å². The Hall–Kier alpha value is -2.41. The zero-order valence-corrected chi connectivity index (χ0v) is 18.1. The summed E-state index contributed by atoms with van der Waals surface area (Å²) in [6, 6.07) is 7.14. The lowest BCUT2D eigenvalue weighted by molar-refractivity contribution is -0.0238. The van der Waals surface area contributed by atoms with Crippen LogP contribution in [0, 0.1) is 5.41 Å². The Morgan fingerprint density at radius 2 is 1.93 bits per heavy atom. The first-order valence-electron chi connectivity index (χ1n) is 11.1. The third-order valence-electron chi connectivity index (χ3n) is 7.05. The molecule has 1 spiro atoms. The van der Waals surface area contributed by atoms with Crippen LogP contribution in [0.25, 0.3) is 5.69 Å². The minimum Gasteiger partial charge on any atom is -0.444 e. The summed E-state index contributed by atoms with van der Waals surface area (Å²) in [7, 11) is 0. The van der Waals surface area contributed by atoms with Gasteiger partial charge in [0.2, 0.25) is 0 Å². The van der Waals surface area contributed by atoms with Gasteiger partial charge in [0.05, 0.1) is 18.1 Å². The van der Waals surface area contributed by atoms with Gasteiger partial charge in [-0.05, 0) is 69.7 Å². The highest BCUT2D eigenvalue weighted by Gasteiger charge is 2.52. The van der Waals surface area contributed by atoms with E-state index in [1.807, 2.05) is 25.7 Å². The van der Waals surface area contributed by atoms with Crippen LogP contribution < -0.4 is 5.32 Å². The van der Waals surface area contributed by atoms with Gasteiger partial charge in [0.15, 0.2) is 0 Å². The molecule has 160 valence electrons. The fourth-order valence-electron chi connectivity index (χ4n) is 5.48. The second kappa shape index (κ2) is 7.08. The van der Waals surface area contributed by atoms with Crippen molar-refractivity contribution in [3.8, 4) is 5.69 Å². The molecule has 7 heteroatoms. The summed E-state index contributed by atoms with van der Waals surface area (Å²) in [5.41, 5.74) is 3.78. The summed E-state index contributed by atoms with van der Waals surface area (Å²) < 4.78 is 5.57. The van der Waals surface area contributed by atoms with Gasteiger partial charge in [-0.2, -0.15) is 15.0 Å². The maximum Gasteiger partial charge on any atom is 0.410 e. The van der Waals surface area contributed by atoms with Crippen molar-refractivity contribution in [2.24, 2.45) is 5.41 Å². The van der Waals surface area contributed by atoms with Crippen molar-refractivity contribution >= 4 is 6.09 Å². The summed E-state index contributed by atoms with van der Waals surface area (Å²) in [4.78, 5) is 16.0. The largest absolute Gasteiger partial charge is 0.444 e. The molecule has 3 aliphatic rings. The van der Waals surface area contributed by atoms with E-state index in [1.165, 1.54) is 17.5 Å². The van der Waals surface area contributed by atoms with Gasteiger partial charge in [-0.25, -0.2) is 4.79 Å². The number of likely N-dealkylation sites (tertiary alicyclic amines) is 1. The molecule has 2 atom stereocenters. The van der Waals surface area contributed by atoms with Gasteiger partial charge in [-0.1, -0.05) is 6.07 Å². The number of nitrogens with zero attached hydrogens (tertiary/aromatic N) is 4. The number of benzene rings is 1. The highest BCUT2D eigenvalue weighted by atomic mass is 16.6. The van der Waals surface area contributed by atoms with Crippen LogP contribution in [-0.2, 0) is 11.2 Å². The Morgan fingerprint density at radius 1 is 1.20 bits per heavy atom. The second-order valence-electron chi connectivity index (χ2n) is 10.0. The van der Waals surface area contributed by atoms with E-state index in [-0.39, 0.29) is 6.09 Å². The van der Waals surface area contributed by atoms with Crippen LogP contribution >= 0.6 is 0 Å². The summed E-state index contributed by atoms with van der Waals surface area (Å²) in [6.07, 6.45) is 7.63. The molecular formula is C23H31N5O2. The Bertz CT molecular complexity index is 926. The number of ether oxygens (including phenoxy) is 1. The van der Waals surface area contributed by atoms with Crippen LogP contribution in [0.2, 0.25) is 0 Å². The number of hydrogen-bond acceptors (Lipinski definition) is 5. The topological polar surface area (TPSA) is 72.3 Å². The van der Waals surface area contributed by atoms with Crippen LogP contribution in [0.15, 0.2) is 30.6 Å². The molecule has 1 N–H and O–H groups in total. The molecule has 30 heavy (non-hydrogen) atoms. The third kappa shape index (κ3) is 3.39. The molecule has 5 rings (SSSR count). The van der Waals surface area contributed by atoms with E-state index in [1.54, 1.807) is 17.2 Å². The number of aromatic nitrogens is 3. The zero-order valence-electron chi connectivity index (χ0n) is 18.1. The molecule has 0 bridgehead atoms. The fourth-order valence-corrected chi connectivity index (χ4v) is 5.48. The van der Waals surface area contributed by atoms with Crippen molar-refractivity contribution in [3.05, 3.63) is 41.7 Å². The second-order valence-corrected chi connectivity index (χ2v) is 10.0. The molecule has 1 amide bonds. The number of carbonyl (C=O) groups excluding carboxylic acids is 1. The summed E-state index contributed by atoms with van der Waals surface area (Å²) in [5, 5.41) is 12.3. The number of fused-ring (bicyclic) bond motifs is 1. The average molecular weight is 410 g/mol. The van der Waals surface area contributed by atoms with Crippen molar-refractivity contribution < 1.29 is 9.53 Å². The van der Waals surface area contributed by atoms with E-state index in [4.69, 9.17) is 4.74 Å². The number of nitrogens with one attached hydrogen (secondary N) is 1. The molecule has 1 aliphatic carbocycles. The maximum atomic E-state index is 12.4. The summed E-state index contributed by atoms with van der Waals surface area (Å²) in [5.74, 6) is 0.543. The van der Waals surface area contributed by atoms with Crippen molar-refractivity contribution in [2.75, 3.05) is 19.6 Å². The molecule has 2 aromatic rings. The first kappa shape index (κ1) is 19.5. The predicted octanol–water partition coefficient (Wildman–Crippen LogP) is 3.29. The van der Waals surface area contributed by atoms with Crippen molar-refractivity contribution in [1.82, 2.24) is 25.2 Å². The van der Waals surface area contributed by atoms with E-state index in [9.17, 15) is 4.79 Å². The lowest BCUT2D eigenvalue weighted by atomic mass is 9.62. The lowest BCUT2D eigenvalue weighted by Crippen LogP contribution is -2.67. The molecule has 0 radical (unpaired) electrons. The zero-order chi connectivity index (χ0) is 20.9. The molecule has 0 saturated carbocycles. The Labute approximate surface area is 177 Å². The molecule has 2 saturated heterocycles. The van der Waals surface area contributed by atoms with E-state index < -0.39 is 5.60 Å². The third-order valence-corrected chi connectivity index (χ3v) is 7.05. The molecule has 1 aromatic heterocycles. The summed E-state index contributed by atoms with van der Waals surface area (Å²) >= 11 is 0. The van der Waals surface area contributed by atoms with Crippen molar-refractivity contribution in [3.63, 3.8) is 0 Å². The number of piperidine rings is 1. The average Bonchev–Trinajstić information content (AvgIpc) is 3.36. The number of hydrogen-bond donors (Lipinski definition) is 1. The van der Waals surface area contributed by atoms with Crippen LogP contribution in [0.4, 0.5) is 4.79 Å².